The average molecular weight is 335 g/mol. The average Bonchev–Trinajstić information content (AvgIpc) is 2.99. The highest BCUT2D eigenvalue weighted by molar-refractivity contribution is 5.74. The molecule has 0 radical (unpaired) electrons. The predicted molar refractivity (Wildman–Crippen MR) is 74.7 cm³/mol. The van der Waals surface area contributed by atoms with Crippen LogP contribution in [0.5, 0.6) is 0 Å². The highest BCUT2D eigenvalue weighted by Gasteiger charge is 2.42. The third-order valence-corrected chi connectivity index (χ3v) is 3.78. The molecule has 0 saturated carbocycles. The highest BCUT2D eigenvalue weighted by atomic mass is 19.4. The van der Waals surface area contributed by atoms with Crippen LogP contribution in [-0.4, -0.2) is 63.7 Å². The number of aromatic nitrogens is 3. The van der Waals surface area contributed by atoms with E-state index in [1.165, 1.54) is 4.90 Å². The van der Waals surface area contributed by atoms with E-state index in [9.17, 15) is 18.0 Å². The molecule has 23 heavy (non-hydrogen) atoms. The lowest BCUT2D eigenvalue weighted by Gasteiger charge is -2.38. The molecule has 0 aliphatic carbocycles. The van der Waals surface area contributed by atoms with Crippen molar-refractivity contribution in [1.29, 1.82) is 0 Å². The van der Waals surface area contributed by atoms with Crippen molar-refractivity contribution in [2.75, 3.05) is 19.7 Å². The maximum atomic E-state index is 13.1. The van der Waals surface area contributed by atoms with Gasteiger partial charge in [0.05, 0.1) is 25.3 Å². The molecule has 0 spiro atoms. The van der Waals surface area contributed by atoms with Crippen LogP contribution < -0.4 is 5.32 Å². The normalized spacial score (nSPS) is 23.6. The number of morpholine rings is 1. The quantitative estimate of drug-likeness (QED) is 0.907. The molecule has 7 nitrogen and oxygen atoms in total. The predicted octanol–water partition coefficient (Wildman–Crippen LogP) is 1.59. The number of nitrogens with zero attached hydrogens (tertiary/aromatic N) is 4. The molecule has 0 aromatic carbocycles. The molecule has 3 unspecified atom stereocenters. The van der Waals surface area contributed by atoms with Gasteiger partial charge in [-0.2, -0.15) is 18.3 Å². The fourth-order valence-corrected chi connectivity index (χ4v) is 2.45. The summed E-state index contributed by atoms with van der Waals surface area (Å²) >= 11 is 0. The Morgan fingerprint density at radius 2 is 2.26 bits per heavy atom. The number of nitrogens with one attached hydrogen (secondary N) is 1. The van der Waals surface area contributed by atoms with Crippen LogP contribution in [0.15, 0.2) is 12.7 Å². The lowest BCUT2D eigenvalue weighted by atomic mass is 10.1. The van der Waals surface area contributed by atoms with Crippen LogP contribution in [0.3, 0.4) is 0 Å². The van der Waals surface area contributed by atoms with Crippen molar-refractivity contribution in [3.8, 4) is 0 Å². The molecule has 130 valence electrons. The van der Waals surface area contributed by atoms with E-state index in [1.807, 2.05) is 13.8 Å². The molecule has 0 bridgehead atoms. The summed E-state index contributed by atoms with van der Waals surface area (Å²) in [6.07, 6.45) is -2.00. The Bertz CT molecular complexity index is 508. The summed E-state index contributed by atoms with van der Waals surface area (Å²) in [4.78, 5) is 17.3. The second-order valence-electron chi connectivity index (χ2n) is 5.48. The van der Waals surface area contributed by atoms with Gasteiger partial charge in [-0.05, 0) is 13.3 Å². The van der Waals surface area contributed by atoms with Crippen molar-refractivity contribution in [3.63, 3.8) is 0 Å². The van der Waals surface area contributed by atoms with Crippen LogP contribution >= 0.6 is 0 Å². The first-order valence-corrected chi connectivity index (χ1v) is 7.39. The van der Waals surface area contributed by atoms with E-state index in [0.717, 1.165) is 12.7 Å². The monoisotopic (exact) mass is 335 g/mol. The number of urea groups is 1. The number of carbonyl (C=O) groups is 1. The van der Waals surface area contributed by atoms with Gasteiger partial charge >= 0.3 is 12.2 Å². The Hall–Kier alpha value is -1.84. The smallest absolute Gasteiger partial charge is 0.375 e. The van der Waals surface area contributed by atoms with Crippen LogP contribution in [0.2, 0.25) is 0 Å². The maximum absolute atomic E-state index is 13.1. The summed E-state index contributed by atoms with van der Waals surface area (Å²) in [5, 5.41) is 5.87. The van der Waals surface area contributed by atoms with Gasteiger partial charge < -0.3 is 15.0 Å². The third kappa shape index (κ3) is 4.34. The first-order valence-electron chi connectivity index (χ1n) is 7.39. The molecule has 1 aromatic rings. The van der Waals surface area contributed by atoms with Crippen molar-refractivity contribution in [2.24, 2.45) is 0 Å². The lowest BCUT2D eigenvalue weighted by molar-refractivity contribution is -0.168. The molecule has 1 fully saturated rings. The van der Waals surface area contributed by atoms with Gasteiger partial charge in [0.15, 0.2) is 6.04 Å². The Kier molecular flexibility index (Phi) is 5.45. The molecule has 1 saturated heterocycles. The van der Waals surface area contributed by atoms with Crippen molar-refractivity contribution < 1.29 is 22.7 Å². The summed E-state index contributed by atoms with van der Waals surface area (Å²) in [6.45, 7) is 3.85. The van der Waals surface area contributed by atoms with E-state index in [4.69, 9.17) is 4.74 Å². The van der Waals surface area contributed by atoms with E-state index in [-0.39, 0.29) is 12.1 Å². The van der Waals surface area contributed by atoms with Crippen molar-refractivity contribution >= 4 is 6.03 Å². The highest BCUT2D eigenvalue weighted by Crippen LogP contribution is 2.29. The van der Waals surface area contributed by atoms with Crippen molar-refractivity contribution in [3.05, 3.63) is 12.7 Å². The summed E-state index contributed by atoms with van der Waals surface area (Å²) in [6, 6.07) is -2.62. The summed E-state index contributed by atoms with van der Waals surface area (Å²) in [5.41, 5.74) is 0. The molecule has 1 N–H and O–H groups in total. The van der Waals surface area contributed by atoms with E-state index < -0.39 is 24.8 Å². The van der Waals surface area contributed by atoms with Crippen molar-refractivity contribution in [2.45, 2.75) is 44.6 Å². The molecule has 3 atom stereocenters. The minimum atomic E-state index is -4.54. The van der Waals surface area contributed by atoms with Gasteiger partial charge in [0, 0.05) is 6.54 Å². The minimum absolute atomic E-state index is 0.137. The number of ether oxygens (including phenoxy) is 1. The van der Waals surface area contributed by atoms with Gasteiger partial charge in [-0.3, -0.25) is 0 Å². The molecular weight excluding hydrogens is 315 g/mol. The largest absolute Gasteiger partial charge is 0.412 e. The fraction of sp³-hybridized carbons (Fsp3) is 0.769. The molecule has 1 aliphatic rings. The summed E-state index contributed by atoms with van der Waals surface area (Å²) in [5.74, 6) is 0. The number of halogens is 3. The number of rotatable bonds is 4. The molecule has 2 rings (SSSR count). The second kappa shape index (κ2) is 7.16. The Morgan fingerprint density at radius 3 is 2.83 bits per heavy atom. The van der Waals surface area contributed by atoms with Gasteiger partial charge in [-0.25, -0.2) is 14.5 Å². The van der Waals surface area contributed by atoms with Crippen LogP contribution in [0.4, 0.5) is 18.0 Å². The number of carbonyl (C=O) groups excluding carboxylic acids is 1. The third-order valence-electron chi connectivity index (χ3n) is 3.78. The molecule has 1 aliphatic heterocycles. The topological polar surface area (TPSA) is 72.3 Å². The standard InChI is InChI=1S/C13H20F3N5O2/c1-3-10-6-23-9(2)5-20(10)12(22)18-4-11(13(14,15)16)21-8-17-7-19-21/h7-11H,3-6H2,1-2H3,(H,18,22). The van der Waals surface area contributed by atoms with Gasteiger partial charge in [-0.1, -0.05) is 6.92 Å². The molecule has 2 amide bonds. The zero-order valence-electron chi connectivity index (χ0n) is 13.0. The zero-order valence-corrected chi connectivity index (χ0v) is 13.0. The Balaban J connectivity index is 2.01. The van der Waals surface area contributed by atoms with E-state index >= 15 is 0 Å². The number of alkyl halides is 3. The maximum Gasteiger partial charge on any atom is 0.412 e. The first kappa shape index (κ1) is 17.5. The van der Waals surface area contributed by atoms with E-state index in [0.29, 0.717) is 24.3 Å². The Labute approximate surface area is 131 Å². The number of hydrogen-bond donors (Lipinski definition) is 1. The minimum Gasteiger partial charge on any atom is -0.375 e. The van der Waals surface area contributed by atoms with Crippen LogP contribution in [0, 0.1) is 0 Å². The summed E-state index contributed by atoms with van der Waals surface area (Å²) < 4.78 is 45.5. The number of hydrogen-bond acceptors (Lipinski definition) is 4. The fourth-order valence-electron chi connectivity index (χ4n) is 2.45. The molecule has 1 aromatic heterocycles. The van der Waals surface area contributed by atoms with Crippen molar-refractivity contribution in [1.82, 2.24) is 25.0 Å². The van der Waals surface area contributed by atoms with Gasteiger partial charge in [0.1, 0.15) is 12.7 Å². The first-order chi connectivity index (χ1) is 10.8. The second-order valence-corrected chi connectivity index (χ2v) is 5.48. The van der Waals surface area contributed by atoms with Gasteiger partial charge in [0.25, 0.3) is 0 Å². The number of amides is 2. The SMILES string of the molecule is CCC1COC(C)CN1C(=O)NCC(n1cncn1)C(F)(F)F. The van der Waals surface area contributed by atoms with Gasteiger partial charge in [-0.15, -0.1) is 0 Å². The van der Waals surface area contributed by atoms with Crippen LogP contribution in [0.25, 0.3) is 0 Å². The Morgan fingerprint density at radius 1 is 1.52 bits per heavy atom. The molecule has 2 heterocycles. The van der Waals surface area contributed by atoms with Crippen LogP contribution in [0.1, 0.15) is 26.3 Å². The molecule has 10 heteroatoms. The van der Waals surface area contributed by atoms with E-state index in [2.05, 4.69) is 15.4 Å². The van der Waals surface area contributed by atoms with E-state index in [1.54, 1.807) is 0 Å². The van der Waals surface area contributed by atoms with Gasteiger partial charge in [0.2, 0.25) is 0 Å². The zero-order chi connectivity index (χ0) is 17.0. The molecular formula is C13H20F3N5O2. The summed E-state index contributed by atoms with van der Waals surface area (Å²) in [7, 11) is 0. The lowest BCUT2D eigenvalue weighted by Crippen LogP contribution is -2.55. The van der Waals surface area contributed by atoms with Crippen LogP contribution in [-0.2, 0) is 4.74 Å².